The highest BCUT2D eigenvalue weighted by Gasteiger charge is 2.18. The molecule has 2 heterocycles. The molecule has 0 fully saturated rings. The molecule has 4 rings (SSSR count). The SMILES string of the molecule is Cc1c(CCC(=O)[O-])c(=O)oc2c(C)c3occ(-c4ccc(F)cc4)c3cc12. The number of fused-ring (bicyclic) bond motifs is 2. The number of carboxylic acid groups (broad SMARTS) is 1. The van der Waals surface area contributed by atoms with E-state index in [-0.39, 0.29) is 18.7 Å². The fraction of sp³-hybridized carbons (Fsp3) is 0.182. The summed E-state index contributed by atoms with van der Waals surface area (Å²) in [5, 5.41) is 12.3. The van der Waals surface area contributed by atoms with Crippen LogP contribution in [0.15, 0.2) is 50.2 Å². The van der Waals surface area contributed by atoms with Crippen molar-refractivity contribution >= 4 is 27.9 Å². The van der Waals surface area contributed by atoms with E-state index in [0.717, 1.165) is 16.5 Å². The molecule has 0 unspecified atom stereocenters. The van der Waals surface area contributed by atoms with Gasteiger partial charge in [-0.05, 0) is 56.0 Å². The van der Waals surface area contributed by atoms with Gasteiger partial charge in [0.2, 0.25) is 0 Å². The van der Waals surface area contributed by atoms with Crippen LogP contribution in [-0.4, -0.2) is 5.97 Å². The molecule has 0 saturated heterocycles. The highest BCUT2D eigenvalue weighted by atomic mass is 19.1. The average Bonchev–Trinajstić information content (AvgIpc) is 3.07. The number of carbonyl (C=O) groups excluding carboxylic acids is 1. The predicted molar refractivity (Wildman–Crippen MR) is 100 cm³/mol. The van der Waals surface area contributed by atoms with Crippen LogP contribution in [0.25, 0.3) is 33.1 Å². The van der Waals surface area contributed by atoms with Crippen molar-refractivity contribution in [1.29, 1.82) is 0 Å². The molecule has 4 aromatic rings. The second-order valence-electron chi connectivity index (χ2n) is 6.78. The molecule has 0 spiro atoms. The third kappa shape index (κ3) is 2.87. The third-order valence-corrected chi connectivity index (χ3v) is 5.08. The number of benzene rings is 2. The summed E-state index contributed by atoms with van der Waals surface area (Å²) in [6.45, 7) is 3.57. The summed E-state index contributed by atoms with van der Waals surface area (Å²) in [7, 11) is 0. The summed E-state index contributed by atoms with van der Waals surface area (Å²) in [5.41, 5.74) is 3.69. The van der Waals surface area contributed by atoms with Gasteiger partial charge in [0, 0.05) is 33.4 Å². The van der Waals surface area contributed by atoms with Gasteiger partial charge in [-0.3, -0.25) is 0 Å². The number of aryl methyl sites for hydroxylation is 2. The molecular weight excluding hydrogens is 363 g/mol. The van der Waals surface area contributed by atoms with Crippen LogP contribution < -0.4 is 10.7 Å². The molecule has 0 radical (unpaired) electrons. The summed E-state index contributed by atoms with van der Waals surface area (Å²) < 4.78 is 24.5. The maximum absolute atomic E-state index is 13.3. The van der Waals surface area contributed by atoms with Gasteiger partial charge in [-0.2, -0.15) is 0 Å². The lowest BCUT2D eigenvalue weighted by Gasteiger charge is -2.10. The van der Waals surface area contributed by atoms with Crippen molar-refractivity contribution in [2.45, 2.75) is 26.7 Å². The molecule has 6 heteroatoms. The lowest BCUT2D eigenvalue weighted by Crippen LogP contribution is -2.24. The van der Waals surface area contributed by atoms with Crippen LogP contribution in [0.3, 0.4) is 0 Å². The zero-order valence-corrected chi connectivity index (χ0v) is 15.3. The van der Waals surface area contributed by atoms with Crippen molar-refractivity contribution in [1.82, 2.24) is 0 Å². The minimum Gasteiger partial charge on any atom is -0.550 e. The zero-order chi connectivity index (χ0) is 20.0. The van der Waals surface area contributed by atoms with Crippen LogP contribution in [0.1, 0.15) is 23.1 Å². The van der Waals surface area contributed by atoms with Crippen LogP contribution in [-0.2, 0) is 11.2 Å². The van der Waals surface area contributed by atoms with E-state index in [4.69, 9.17) is 8.83 Å². The van der Waals surface area contributed by atoms with Crippen LogP contribution in [0.4, 0.5) is 4.39 Å². The van der Waals surface area contributed by atoms with E-state index in [1.165, 1.54) is 12.1 Å². The van der Waals surface area contributed by atoms with Crippen molar-refractivity contribution in [3.8, 4) is 11.1 Å². The van der Waals surface area contributed by atoms with E-state index in [0.29, 0.717) is 33.2 Å². The highest BCUT2D eigenvalue weighted by Crippen LogP contribution is 2.37. The molecule has 2 aromatic heterocycles. The Hall–Kier alpha value is -3.41. The van der Waals surface area contributed by atoms with E-state index in [1.54, 1.807) is 32.2 Å². The van der Waals surface area contributed by atoms with Gasteiger partial charge in [-0.15, -0.1) is 0 Å². The van der Waals surface area contributed by atoms with E-state index in [1.807, 2.05) is 6.07 Å². The Kier molecular flexibility index (Phi) is 4.26. The Bertz CT molecular complexity index is 1280. The topological polar surface area (TPSA) is 83.5 Å². The first-order valence-electron chi connectivity index (χ1n) is 8.79. The molecule has 28 heavy (non-hydrogen) atoms. The molecule has 0 atom stereocenters. The van der Waals surface area contributed by atoms with E-state index in [2.05, 4.69) is 0 Å². The summed E-state index contributed by atoms with van der Waals surface area (Å²) in [4.78, 5) is 23.2. The Morgan fingerprint density at radius 3 is 2.46 bits per heavy atom. The van der Waals surface area contributed by atoms with Crippen molar-refractivity contribution in [2.24, 2.45) is 0 Å². The Labute approximate surface area is 159 Å². The van der Waals surface area contributed by atoms with Gasteiger partial charge < -0.3 is 18.7 Å². The van der Waals surface area contributed by atoms with Crippen LogP contribution in [0, 0.1) is 19.7 Å². The lowest BCUT2D eigenvalue weighted by molar-refractivity contribution is -0.305. The monoisotopic (exact) mass is 379 g/mol. The number of halogens is 1. The summed E-state index contributed by atoms with van der Waals surface area (Å²) in [6, 6.07) is 7.96. The number of hydrogen-bond acceptors (Lipinski definition) is 5. The Morgan fingerprint density at radius 1 is 1.07 bits per heavy atom. The van der Waals surface area contributed by atoms with E-state index < -0.39 is 11.6 Å². The number of carboxylic acids is 1. The highest BCUT2D eigenvalue weighted by molar-refractivity contribution is 6.04. The quantitative estimate of drug-likeness (QED) is 0.506. The first-order valence-corrected chi connectivity index (χ1v) is 8.79. The third-order valence-electron chi connectivity index (χ3n) is 5.08. The average molecular weight is 379 g/mol. The summed E-state index contributed by atoms with van der Waals surface area (Å²) in [5.74, 6) is -1.55. The minimum atomic E-state index is -1.22. The molecule has 0 saturated carbocycles. The fourth-order valence-corrected chi connectivity index (χ4v) is 3.57. The molecule has 0 bridgehead atoms. The van der Waals surface area contributed by atoms with Gasteiger partial charge in [0.1, 0.15) is 17.0 Å². The van der Waals surface area contributed by atoms with Gasteiger partial charge >= 0.3 is 5.63 Å². The van der Waals surface area contributed by atoms with Crippen LogP contribution in [0.2, 0.25) is 0 Å². The predicted octanol–water partition coefficient (Wildman–Crippen LogP) is 3.64. The first-order chi connectivity index (χ1) is 13.4. The summed E-state index contributed by atoms with van der Waals surface area (Å²) in [6.07, 6.45) is 1.37. The smallest absolute Gasteiger partial charge is 0.339 e. The van der Waals surface area contributed by atoms with Gasteiger partial charge in [0.25, 0.3) is 0 Å². The minimum absolute atomic E-state index is 0.0414. The van der Waals surface area contributed by atoms with Crippen molar-refractivity contribution in [3.05, 3.63) is 69.5 Å². The number of carbonyl (C=O) groups is 1. The number of aliphatic carboxylic acids is 1. The molecule has 2 aromatic carbocycles. The summed E-state index contributed by atoms with van der Waals surface area (Å²) >= 11 is 0. The van der Waals surface area contributed by atoms with Gasteiger partial charge in [-0.1, -0.05) is 12.1 Å². The molecule has 0 aliphatic heterocycles. The van der Waals surface area contributed by atoms with Crippen LogP contribution in [0.5, 0.6) is 0 Å². The van der Waals surface area contributed by atoms with E-state index >= 15 is 0 Å². The lowest BCUT2D eigenvalue weighted by atomic mass is 9.97. The number of furan rings is 1. The maximum atomic E-state index is 13.3. The molecule has 0 N–H and O–H groups in total. The normalized spacial score (nSPS) is 11.4. The maximum Gasteiger partial charge on any atom is 0.339 e. The van der Waals surface area contributed by atoms with Crippen molar-refractivity contribution < 1.29 is 23.1 Å². The Balaban J connectivity index is 1.98. The van der Waals surface area contributed by atoms with Gasteiger partial charge in [0.05, 0.1) is 6.26 Å². The van der Waals surface area contributed by atoms with E-state index in [9.17, 15) is 19.1 Å². The second-order valence-corrected chi connectivity index (χ2v) is 6.78. The van der Waals surface area contributed by atoms with Crippen LogP contribution >= 0.6 is 0 Å². The van der Waals surface area contributed by atoms with Gasteiger partial charge in [-0.25, -0.2) is 9.18 Å². The van der Waals surface area contributed by atoms with Crippen molar-refractivity contribution in [3.63, 3.8) is 0 Å². The fourth-order valence-electron chi connectivity index (χ4n) is 3.57. The molecule has 0 aliphatic rings. The number of rotatable bonds is 4. The number of hydrogen-bond donors (Lipinski definition) is 0. The molecule has 142 valence electrons. The van der Waals surface area contributed by atoms with Gasteiger partial charge in [0.15, 0.2) is 0 Å². The first kappa shape index (κ1) is 18.0. The largest absolute Gasteiger partial charge is 0.550 e. The Morgan fingerprint density at radius 2 is 1.79 bits per heavy atom. The molecular formula is C22H16FO5-. The molecule has 5 nitrogen and oxygen atoms in total. The molecule has 0 amide bonds. The molecule has 0 aliphatic carbocycles. The second kappa shape index (κ2) is 6.64. The standard InChI is InChI=1S/C22H17FO5/c1-11-15(7-8-19(24)25)22(26)28-21-12(2)20-17(9-16(11)21)18(10-27-20)13-3-5-14(23)6-4-13/h3-6,9-10H,7-8H2,1-2H3,(H,24,25)/p-1. The van der Waals surface area contributed by atoms with Crippen molar-refractivity contribution in [2.75, 3.05) is 0 Å². The zero-order valence-electron chi connectivity index (χ0n) is 15.3.